The molecule has 0 bridgehead atoms. The molecule has 34 heavy (non-hydrogen) atoms. The third-order valence-corrected chi connectivity index (χ3v) is 7.49. The number of aromatic nitrogens is 6. The molecule has 0 saturated carbocycles. The van der Waals surface area contributed by atoms with E-state index in [-0.39, 0.29) is 39.6 Å². The maximum atomic E-state index is 12.6. The van der Waals surface area contributed by atoms with Gasteiger partial charge >= 0.3 is 5.97 Å². The Morgan fingerprint density at radius 2 is 1.97 bits per heavy atom. The van der Waals surface area contributed by atoms with Gasteiger partial charge in [-0.1, -0.05) is 11.8 Å². The normalized spacial score (nSPS) is 17.9. The molecular formula is C14H24N8O9S3. The van der Waals surface area contributed by atoms with E-state index < -0.39 is 29.2 Å². The minimum absolute atomic E-state index is 0. The van der Waals surface area contributed by atoms with Gasteiger partial charge in [0, 0.05) is 11.5 Å². The van der Waals surface area contributed by atoms with Crippen LogP contribution in [-0.4, -0.2) is 108 Å². The molecular weight excluding hydrogens is 520 g/mol. The van der Waals surface area contributed by atoms with E-state index in [4.69, 9.17) is 0 Å². The Morgan fingerprint density at radius 3 is 2.53 bits per heavy atom. The lowest BCUT2D eigenvalue weighted by molar-refractivity contribution is -0.150. The van der Waals surface area contributed by atoms with E-state index >= 15 is 0 Å². The zero-order valence-electron chi connectivity index (χ0n) is 17.4. The van der Waals surface area contributed by atoms with Crippen molar-refractivity contribution in [2.45, 2.75) is 29.2 Å². The van der Waals surface area contributed by atoms with Crippen molar-refractivity contribution in [3.8, 4) is 0 Å². The van der Waals surface area contributed by atoms with Crippen LogP contribution in [-0.2, 0) is 20.9 Å². The number of thioether (sulfide) groups is 2. The van der Waals surface area contributed by atoms with Crippen LogP contribution in [0.15, 0.2) is 21.9 Å². The van der Waals surface area contributed by atoms with E-state index in [1.54, 1.807) is 6.92 Å². The number of hydrogen-bond donors (Lipinski definition) is 2. The molecule has 20 heteroatoms. The van der Waals surface area contributed by atoms with E-state index in [1.165, 1.54) is 51.0 Å². The molecule has 4 rings (SSSR count). The Labute approximate surface area is 203 Å². The molecule has 1 fully saturated rings. The standard InChI is InChI=1S/C14H14N8O4S3.5H2O/c1-6-16-14(29-18-6)28-4-7-3-27-12-9(11(24)22(12)10(7)13(25)26)17-8(23)2-21-5-15-19-20-21;;;;;/h5,9,12H,2-4H2,1H3,(H,17,23)(H,25,26);5*1H2/t9-,12+;;;;;/m0...../s1. The molecule has 2 aliphatic heterocycles. The molecule has 2 atom stereocenters. The highest BCUT2D eigenvalue weighted by atomic mass is 32.2. The van der Waals surface area contributed by atoms with E-state index in [2.05, 4.69) is 30.2 Å². The lowest BCUT2D eigenvalue weighted by atomic mass is 10.0. The van der Waals surface area contributed by atoms with E-state index in [1.807, 2.05) is 0 Å². The number of hydrogen-bond acceptors (Lipinski definition) is 11. The van der Waals surface area contributed by atoms with Gasteiger partial charge in [-0.2, -0.15) is 4.37 Å². The smallest absolute Gasteiger partial charge is 0.352 e. The van der Waals surface area contributed by atoms with Crippen LogP contribution in [0.3, 0.4) is 0 Å². The summed E-state index contributed by atoms with van der Waals surface area (Å²) in [5.41, 5.74) is 0.627. The second-order valence-electron chi connectivity index (χ2n) is 6.12. The predicted octanol–water partition coefficient (Wildman–Crippen LogP) is -4.76. The molecule has 0 spiro atoms. The molecule has 1 saturated heterocycles. The Morgan fingerprint density at radius 1 is 1.26 bits per heavy atom. The van der Waals surface area contributed by atoms with Crippen LogP contribution >= 0.6 is 35.1 Å². The summed E-state index contributed by atoms with van der Waals surface area (Å²) in [6, 6.07) is -0.779. The third-order valence-electron chi connectivity index (χ3n) is 4.14. The summed E-state index contributed by atoms with van der Waals surface area (Å²) in [6.45, 7) is 1.66. The van der Waals surface area contributed by atoms with Crippen LogP contribution in [0.5, 0.6) is 0 Å². The molecule has 2 amide bonds. The van der Waals surface area contributed by atoms with Gasteiger partial charge in [-0.3, -0.25) is 14.5 Å². The first-order valence-corrected chi connectivity index (χ1v) is 11.1. The number of rotatable bonds is 7. The van der Waals surface area contributed by atoms with Crippen LogP contribution in [0.25, 0.3) is 0 Å². The Kier molecular flexibility index (Phi) is 13.6. The summed E-state index contributed by atoms with van der Waals surface area (Å²) in [5.74, 6) is -0.521. The first-order chi connectivity index (χ1) is 13.9. The van der Waals surface area contributed by atoms with Gasteiger partial charge in [0.15, 0.2) is 4.34 Å². The van der Waals surface area contributed by atoms with Gasteiger partial charge < -0.3 is 37.8 Å². The lowest BCUT2D eigenvalue weighted by Crippen LogP contribution is -2.70. The van der Waals surface area contributed by atoms with Crippen LogP contribution < -0.4 is 5.32 Å². The van der Waals surface area contributed by atoms with Gasteiger partial charge in [-0.15, -0.1) is 16.9 Å². The summed E-state index contributed by atoms with van der Waals surface area (Å²) >= 11 is 4.07. The van der Waals surface area contributed by atoms with E-state index in [0.29, 0.717) is 22.9 Å². The largest absolute Gasteiger partial charge is 0.477 e. The lowest BCUT2D eigenvalue weighted by Gasteiger charge is -2.49. The van der Waals surface area contributed by atoms with Crippen molar-refractivity contribution < 1.29 is 46.9 Å². The summed E-state index contributed by atoms with van der Waals surface area (Å²) in [6.07, 6.45) is 1.29. The highest BCUT2D eigenvalue weighted by Crippen LogP contribution is 2.41. The van der Waals surface area contributed by atoms with Crippen molar-refractivity contribution in [1.29, 1.82) is 0 Å². The van der Waals surface area contributed by atoms with Crippen molar-refractivity contribution in [3.63, 3.8) is 0 Å². The van der Waals surface area contributed by atoms with Crippen molar-refractivity contribution in [2.75, 3.05) is 11.5 Å². The summed E-state index contributed by atoms with van der Waals surface area (Å²) in [4.78, 5) is 42.1. The number of amides is 2. The molecule has 2 aromatic heterocycles. The Hall–Kier alpha value is -2.72. The number of carboxylic acids is 1. The quantitative estimate of drug-likeness (QED) is 0.246. The topological polar surface area (TPSA) is 314 Å². The van der Waals surface area contributed by atoms with Crippen LogP contribution in [0, 0.1) is 6.92 Å². The molecule has 2 aliphatic rings. The summed E-state index contributed by atoms with van der Waals surface area (Å²) in [5, 5.41) is 22.3. The summed E-state index contributed by atoms with van der Waals surface area (Å²) < 4.78 is 6.08. The van der Waals surface area contributed by atoms with E-state index in [0.717, 1.165) is 4.34 Å². The highest BCUT2D eigenvalue weighted by Gasteiger charge is 2.54. The molecule has 17 nitrogen and oxygen atoms in total. The molecule has 0 radical (unpaired) electrons. The second kappa shape index (κ2) is 13.9. The number of fused-ring (bicyclic) bond motifs is 1. The molecule has 4 heterocycles. The van der Waals surface area contributed by atoms with E-state index in [9.17, 15) is 19.5 Å². The molecule has 0 aromatic carbocycles. The number of nitrogens with zero attached hydrogens (tertiary/aromatic N) is 7. The minimum atomic E-state index is -1.16. The average Bonchev–Trinajstić information content (AvgIpc) is 3.35. The molecule has 192 valence electrons. The number of carbonyl (C=O) groups is 3. The number of nitrogens with one attached hydrogen (secondary N) is 1. The fraction of sp³-hybridized carbons (Fsp3) is 0.429. The first-order valence-electron chi connectivity index (χ1n) is 8.27. The van der Waals surface area contributed by atoms with Gasteiger partial charge in [-0.05, 0) is 34.5 Å². The number of β-lactam (4-membered cyclic amide) rings is 1. The zero-order chi connectivity index (χ0) is 20.5. The van der Waals surface area contributed by atoms with Crippen LogP contribution in [0.4, 0.5) is 0 Å². The average molecular weight is 545 g/mol. The minimum Gasteiger partial charge on any atom is -0.477 e. The number of tetrazole rings is 1. The predicted molar refractivity (Wildman–Crippen MR) is 121 cm³/mol. The summed E-state index contributed by atoms with van der Waals surface area (Å²) in [7, 11) is 0. The number of carbonyl (C=O) groups excluding carboxylic acids is 2. The van der Waals surface area contributed by atoms with Crippen LogP contribution in [0.2, 0.25) is 0 Å². The van der Waals surface area contributed by atoms with Gasteiger partial charge in [-0.25, -0.2) is 14.5 Å². The van der Waals surface area contributed by atoms with Crippen molar-refractivity contribution in [3.05, 3.63) is 23.4 Å². The van der Waals surface area contributed by atoms with Gasteiger partial charge in [0.05, 0.1) is 0 Å². The van der Waals surface area contributed by atoms with Crippen molar-refractivity contribution >= 4 is 52.8 Å². The number of carboxylic acid groups (broad SMARTS) is 1. The van der Waals surface area contributed by atoms with Gasteiger partial charge in [0.25, 0.3) is 5.91 Å². The molecule has 12 N–H and O–H groups in total. The molecule has 2 aromatic rings. The van der Waals surface area contributed by atoms with Crippen molar-refractivity contribution in [2.24, 2.45) is 0 Å². The third kappa shape index (κ3) is 6.66. The fourth-order valence-corrected chi connectivity index (χ4v) is 6.03. The van der Waals surface area contributed by atoms with Crippen LogP contribution in [0.1, 0.15) is 5.82 Å². The number of aliphatic carboxylic acids is 1. The SMILES string of the molecule is Cc1nsc(SCC2=C(C(=O)O)N3C(=O)[C@H](NC(=O)Cn4cnnn4)[C@H]3SC2)n1.O.O.O.O.O. The highest BCUT2D eigenvalue weighted by molar-refractivity contribution is 8.01. The first kappa shape index (κ1) is 33.5. The zero-order valence-corrected chi connectivity index (χ0v) is 19.8. The van der Waals surface area contributed by atoms with Gasteiger partial charge in [0.2, 0.25) is 5.91 Å². The Balaban J connectivity index is 0. The van der Waals surface area contributed by atoms with Gasteiger partial charge in [0.1, 0.15) is 35.8 Å². The molecule has 0 aliphatic carbocycles. The monoisotopic (exact) mass is 544 g/mol. The fourth-order valence-electron chi connectivity index (χ4n) is 2.90. The van der Waals surface area contributed by atoms with Crippen molar-refractivity contribution in [1.82, 2.24) is 39.8 Å². The maximum Gasteiger partial charge on any atom is 0.352 e. The Bertz CT molecular complexity index is 1000. The molecule has 0 unspecified atom stereocenters. The maximum absolute atomic E-state index is 12.6. The second-order valence-corrected chi connectivity index (χ2v) is 9.20. The number of aryl methyl sites for hydroxylation is 1.